The average Bonchev–Trinajstić information content (AvgIpc) is 2.47. The van der Waals surface area contributed by atoms with E-state index in [0.717, 1.165) is 21.5 Å². The molecule has 0 amide bonds. The first-order chi connectivity index (χ1) is 9.70. The van der Waals surface area contributed by atoms with E-state index in [1.165, 1.54) is 0 Å². The second kappa shape index (κ2) is 5.09. The first-order valence-corrected chi connectivity index (χ1v) is 7.05. The van der Waals surface area contributed by atoms with Gasteiger partial charge in [0.05, 0.1) is 5.56 Å². The van der Waals surface area contributed by atoms with E-state index >= 15 is 0 Å². The highest BCUT2D eigenvalue weighted by Gasteiger charge is 2.10. The van der Waals surface area contributed by atoms with Crippen LogP contribution in [0.15, 0.2) is 42.7 Å². The van der Waals surface area contributed by atoms with Crippen molar-refractivity contribution >= 4 is 43.4 Å². The summed E-state index contributed by atoms with van der Waals surface area (Å²) in [7, 11) is 0. The third-order valence-corrected chi connectivity index (χ3v) is 3.40. The third kappa shape index (κ3) is 2.10. The Morgan fingerprint density at radius 2 is 2.05 bits per heavy atom. The normalized spacial score (nSPS) is 10.8. The highest BCUT2D eigenvalue weighted by atomic mass is 79.9. The van der Waals surface area contributed by atoms with Crippen molar-refractivity contribution in [1.29, 1.82) is 0 Å². The van der Waals surface area contributed by atoms with Gasteiger partial charge in [-0.15, -0.1) is 0 Å². The summed E-state index contributed by atoms with van der Waals surface area (Å²) in [6.07, 6.45) is 3.47. The van der Waals surface area contributed by atoms with Crippen molar-refractivity contribution in [3.8, 4) is 5.75 Å². The lowest BCUT2D eigenvalue weighted by molar-refractivity contribution is 0.0697. The van der Waals surface area contributed by atoms with Gasteiger partial charge in [0, 0.05) is 23.2 Å². The Hall–Kier alpha value is -2.14. The zero-order valence-corrected chi connectivity index (χ0v) is 11.9. The van der Waals surface area contributed by atoms with Gasteiger partial charge in [-0.2, -0.15) is 0 Å². The molecule has 1 N–H and O–H groups in total. The van der Waals surface area contributed by atoms with Crippen LogP contribution in [0.3, 0.4) is 0 Å². The molecule has 0 aliphatic rings. The monoisotopic (exact) mass is 331 g/mol. The van der Waals surface area contributed by atoms with Crippen LogP contribution in [0.2, 0.25) is 0 Å². The van der Waals surface area contributed by atoms with Gasteiger partial charge in [0.25, 0.3) is 0 Å². The van der Waals surface area contributed by atoms with E-state index in [0.29, 0.717) is 11.3 Å². The molecule has 0 spiro atoms. The molecule has 1 heterocycles. The van der Waals surface area contributed by atoms with Crippen molar-refractivity contribution < 1.29 is 14.6 Å². The summed E-state index contributed by atoms with van der Waals surface area (Å²) < 4.78 is 5.57. The average molecular weight is 332 g/mol. The van der Waals surface area contributed by atoms with Crippen LogP contribution in [0.4, 0.5) is 0 Å². The fourth-order valence-corrected chi connectivity index (χ4v) is 2.53. The number of fused-ring (bicyclic) bond motifs is 3. The Bertz CT molecular complexity index is 817. The number of hydrogen-bond acceptors (Lipinski definition) is 3. The fourth-order valence-electron chi connectivity index (χ4n) is 2.28. The molecule has 0 unspecified atom stereocenters. The zero-order chi connectivity index (χ0) is 14.1. The molecule has 0 saturated heterocycles. The van der Waals surface area contributed by atoms with Crippen molar-refractivity contribution in [2.24, 2.45) is 0 Å². The second-order valence-electron chi connectivity index (χ2n) is 4.29. The molecule has 100 valence electrons. The Labute approximate surface area is 123 Å². The van der Waals surface area contributed by atoms with Crippen LogP contribution in [-0.2, 0) is 0 Å². The largest absolute Gasteiger partial charge is 0.482 e. The molecule has 1 aromatic heterocycles. The Kier molecular flexibility index (Phi) is 3.28. The topological polar surface area (TPSA) is 59.4 Å². The fraction of sp³-hybridized carbons (Fsp3) is 0.0667. The zero-order valence-electron chi connectivity index (χ0n) is 10.3. The predicted octanol–water partition coefficient (Wildman–Crippen LogP) is 3.82. The van der Waals surface area contributed by atoms with Crippen molar-refractivity contribution in [1.82, 2.24) is 4.98 Å². The van der Waals surface area contributed by atoms with Crippen LogP contribution in [0.5, 0.6) is 5.75 Å². The van der Waals surface area contributed by atoms with E-state index in [1.807, 2.05) is 12.1 Å². The number of nitrogens with zero attached hydrogens (tertiary/aromatic N) is 1. The number of carboxylic acids is 1. The number of pyridine rings is 1. The molecule has 0 aliphatic carbocycles. The van der Waals surface area contributed by atoms with Crippen LogP contribution >= 0.6 is 15.9 Å². The van der Waals surface area contributed by atoms with Gasteiger partial charge >= 0.3 is 5.97 Å². The summed E-state index contributed by atoms with van der Waals surface area (Å²) in [5.41, 5.74) is 0.625. The highest BCUT2D eigenvalue weighted by Crippen LogP contribution is 2.33. The van der Waals surface area contributed by atoms with Crippen molar-refractivity contribution in [3.63, 3.8) is 0 Å². The highest BCUT2D eigenvalue weighted by molar-refractivity contribution is 9.09. The Balaban J connectivity index is 2.38. The van der Waals surface area contributed by atoms with E-state index in [1.54, 1.807) is 30.6 Å². The third-order valence-electron chi connectivity index (χ3n) is 3.17. The van der Waals surface area contributed by atoms with Crippen molar-refractivity contribution in [3.05, 3.63) is 48.3 Å². The lowest BCUT2D eigenvalue weighted by Gasteiger charge is -2.10. The van der Waals surface area contributed by atoms with Crippen LogP contribution < -0.4 is 4.74 Å². The number of carbonyl (C=O) groups is 1. The number of halogens is 1. The van der Waals surface area contributed by atoms with Crippen LogP contribution in [0.1, 0.15) is 10.4 Å². The SMILES string of the molecule is O=C(O)c1ccc2c(c1)cc(OCBr)c1ccncc12. The summed E-state index contributed by atoms with van der Waals surface area (Å²) in [6, 6.07) is 8.79. The van der Waals surface area contributed by atoms with E-state index < -0.39 is 5.97 Å². The number of ether oxygens (including phenoxy) is 1. The van der Waals surface area contributed by atoms with E-state index in [9.17, 15) is 4.79 Å². The molecule has 2 aromatic carbocycles. The van der Waals surface area contributed by atoms with Gasteiger partial charge in [0.15, 0.2) is 0 Å². The molecule has 0 atom stereocenters. The molecule has 20 heavy (non-hydrogen) atoms. The van der Waals surface area contributed by atoms with E-state index in [2.05, 4.69) is 20.9 Å². The molecule has 3 rings (SSSR count). The first kappa shape index (κ1) is 12.9. The van der Waals surface area contributed by atoms with E-state index in [-0.39, 0.29) is 5.56 Å². The van der Waals surface area contributed by atoms with Crippen molar-refractivity contribution in [2.75, 3.05) is 5.52 Å². The number of aromatic nitrogens is 1. The molecule has 0 fully saturated rings. The summed E-state index contributed by atoms with van der Waals surface area (Å²) in [6.45, 7) is 0. The molecule has 0 bridgehead atoms. The molecule has 0 saturated carbocycles. The van der Waals surface area contributed by atoms with Gasteiger partial charge in [0.1, 0.15) is 11.3 Å². The van der Waals surface area contributed by atoms with Gasteiger partial charge in [-0.25, -0.2) is 4.79 Å². The minimum Gasteiger partial charge on any atom is -0.482 e. The lowest BCUT2D eigenvalue weighted by Crippen LogP contribution is -1.96. The minimum atomic E-state index is -0.943. The number of hydrogen-bond donors (Lipinski definition) is 1. The number of benzene rings is 2. The summed E-state index contributed by atoms with van der Waals surface area (Å²) in [5, 5.41) is 12.8. The van der Waals surface area contributed by atoms with Crippen LogP contribution in [-0.4, -0.2) is 21.6 Å². The molecule has 5 heteroatoms. The Morgan fingerprint density at radius 3 is 2.80 bits per heavy atom. The first-order valence-electron chi connectivity index (χ1n) is 5.93. The van der Waals surface area contributed by atoms with Gasteiger partial charge < -0.3 is 9.84 Å². The van der Waals surface area contributed by atoms with Gasteiger partial charge in [-0.1, -0.05) is 6.07 Å². The maximum Gasteiger partial charge on any atom is 0.335 e. The Morgan fingerprint density at radius 1 is 1.20 bits per heavy atom. The molecular weight excluding hydrogens is 322 g/mol. The number of rotatable bonds is 3. The minimum absolute atomic E-state index is 0.255. The summed E-state index contributed by atoms with van der Waals surface area (Å²) in [4.78, 5) is 15.2. The van der Waals surface area contributed by atoms with Gasteiger partial charge in [0.2, 0.25) is 0 Å². The molecule has 0 radical (unpaired) electrons. The molecule has 4 nitrogen and oxygen atoms in total. The molecule has 0 aliphatic heterocycles. The standard InChI is InChI=1S/C15H10BrNO3/c16-8-20-14-6-10-5-9(15(18)19)1-2-11(10)13-7-17-4-3-12(13)14/h1-7H,8H2,(H,18,19). The number of alkyl halides is 1. The smallest absolute Gasteiger partial charge is 0.335 e. The maximum absolute atomic E-state index is 11.1. The summed E-state index contributed by atoms with van der Waals surface area (Å²) in [5.74, 6) is -0.240. The molecular formula is C15H10BrNO3. The van der Waals surface area contributed by atoms with Crippen molar-refractivity contribution in [2.45, 2.75) is 0 Å². The maximum atomic E-state index is 11.1. The predicted molar refractivity (Wildman–Crippen MR) is 80.6 cm³/mol. The number of aromatic carboxylic acids is 1. The second-order valence-corrected chi connectivity index (χ2v) is 4.75. The van der Waals surface area contributed by atoms with Crippen LogP contribution in [0.25, 0.3) is 21.5 Å². The van der Waals surface area contributed by atoms with E-state index in [4.69, 9.17) is 9.84 Å². The quantitative estimate of drug-likeness (QED) is 0.585. The van der Waals surface area contributed by atoms with Gasteiger partial charge in [-0.3, -0.25) is 4.98 Å². The lowest BCUT2D eigenvalue weighted by atomic mass is 10.0. The summed E-state index contributed by atoms with van der Waals surface area (Å²) >= 11 is 3.24. The molecule has 3 aromatic rings. The van der Waals surface area contributed by atoms with Crippen LogP contribution in [0, 0.1) is 0 Å². The number of carboxylic acid groups (broad SMARTS) is 1. The van der Waals surface area contributed by atoms with Gasteiger partial charge in [-0.05, 0) is 51.0 Å².